The molecule has 0 saturated carbocycles. The van der Waals surface area contributed by atoms with Crippen LogP contribution in [0.5, 0.6) is 0 Å². The van der Waals surface area contributed by atoms with Crippen molar-refractivity contribution in [1.29, 1.82) is 0 Å². The number of ether oxygens (including phenoxy) is 2. The van der Waals surface area contributed by atoms with Gasteiger partial charge in [0.1, 0.15) is 0 Å². The Balaban J connectivity index is 1.78. The van der Waals surface area contributed by atoms with E-state index in [9.17, 15) is 45.6 Å². The second-order valence-electron chi connectivity index (χ2n) is 15.4. The zero-order valence-electron chi connectivity index (χ0n) is 34.0. The number of carbonyl (C=O) groups is 5. The molecule has 0 aliphatic carbocycles. The minimum absolute atomic E-state index is 0.0978. The van der Waals surface area contributed by atoms with Crippen LogP contribution in [-0.2, 0) is 43.5 Å². The standard InChI is InChI=1S/C38H59F3N6O9S/c1-9-23(4)32(45(6)36(51)31(22(2)3)47-19-11-10-13-28(47)34(42)49)29(55-7)21-30(48)46-20-12-14-27(46)33(56-8)24(5)35(50)44-57(53,54)26-17-15-25(16-18-26)43-37(52)38(39,40)41/h15-18,22-24,27-29,31-33H,9-14,19-21H2,1-8H3,(H2,42,49)(H,43,52)(H,44,50)/t23-,24+,27-,28?,29+,31-,32-,33+/m0/s1. The van der Waals surface area contributed by atoms with Gasteiger partial charge in [-0.25, -0.2) is 13.1 Å². The van der Waals surface area contributed by atoms with Crippen LogP contribution < -0.4 is 15.8 Å². The molecule has 1 aromatic rings. The van der Waals surface area contributed by atoms with Crippen LogP contribution in [0.3, 0.4) is 0 Å². The van der Waals surface area contributed by atoms with Gasteiger partial charge in [0, 0.05) is 33.5 Å². The molecule has 0 spiro atoms. The Morgan fingerprint density at radius 1 is 0.965 bits per heavy atom. The number of likely N-dealkylation sites (N-methyl/N-ethyl adjacent to an activating group) is 1. The van der Waals surface area contributed by atoms with E-state index in [1.54, 1.807) is 22.2 Å². The number of primary amides is 1. The highest BCUT2D eigenvalue weighted by Gasteiger charge is 2.45. The first-order chi connectivity index (χ1) is 26.6. The Hall–Kier alpha value is -3.81. The summed E-state index contributed by atoms with van der Waals surface area (Å²) >= 11 is 0. The zero-order valence-corrected chi connectivity index (χ0v) is 34.8. The van der Waals surface area contributed by atoms with Gasteiger partial charge in [0.2, 0.25) is 23.6 Å². The maximum atomic E-state index is 14.4. The van der Waals surface area contributed by atoms with Crippen molar-refractivity contribution in [3.05, 3.63) is 24.3 Å². The van der Waals surface area contributed by atoms with Crippen LogP contribution in [0.2, 0.25) is 0 Å². The van der Waals surface area contributed by atoms with E-state index >= 15 is 0 Å². The maximum absolute atomic E-state index is 14.4. The Kier molecular flexibility index (Phi) is 16.9. The van der Waals surface area contributed by atoms with Gasteiger partial charge in [-0.15, -0.1) is 0 Å². The van der Waals surface area contributed by atoms with Crippen molar-refractivity contribution in [1.82, 2.24) is 19.4 Å². The Morgan fingerprint density at radius 2 is 1.60 bits per heavy atom. The highest BCUT2D eigenvalue weighted by molar-refractivity contribution is 7.90. The molecule has 19 heteroatoms. The summed E-state index contributed by atoms with van der Waals surface area (Å²) in [5, 5.41) is 1.62. The number of hydrogen-bond donors (Lipinski definition) is 3. The number of amides is 5. The number of rotatable bonds is 18. The number of sulfonamides is 1. The molecule has 0 bridgehead atoms. The average molecular weight is 833 g/mol. The number of nitrogens with one attached hydrogen (secondary N) is 2. The molecule has 0 radical (unpaired) electrons. The van der Waals surface area contributed by atoms with Gasteiger partial charge in [0.15, 0.2) is 0 Å². The summed E-state index contributed by atoms with van der Waals surface area (Å²) in [6, 6.07) is 1.46. The predicted octanol–water partition coefficient (Wildman–Crippen LogP) is 3.28. The summed E-state index contributed by atoms with van der Waals surface area (Å²) in [5.41, 5.74) is 5.47. The predicted molar refractivity (Wildman–Crippen MR) is 205 cm³/mol. The molecule has 322 valence electrons. The van der Waals surface area contributed by atoms with Crippen LogP contribution in [-0.4, -0.2) is 130 Å². The lowest BCUT2D eigenvalue weighted by Crippen LogP contribution is -2.61. The van der Waals surface area contributed by atoms with Crippen molar-refractivity contribution in [2.45, 2.75) is 127 Å². The van der Waals surface area contributed by atoms with Crippen molar-refractivity contribution >= 4 is 45.2 Å². The number of benzene rings is 1. The quantitative estimate of drug-likeness (QED) is 0.198. The van der Waals surface area contributed by atoms with Gasteiger partial charge in [0.05, 0.1) is 53.6 Å². The van der Waals surface area contributed by atoms with Gasteiger partial charge in [-0.3, -0.25) is 28.9 Å². The number of likely N-dealkylation sites (tertiary alicyclic amines) is 2. The zero-order chi connectivity index (χ0) is 43.0. The van der Waals surface area contributed by atoms with Gasteiger partial charge in [0.25, 0.3) is 10.0 Å². The number of alkyl halides is 3. The molecular formula is C38H59F3N6O9S. The summed E-state index contributed by atoms with van der Waals surface area (Å²) in [6.45, 7) is 10.2. The fraction of sp³-hybridized carbons (Fsp3) is 0.711. The number of piperidine rings is 1. The van der Waals surface area contributed by atoms with Crippen LogP contribution in [0.25, 0.3) is 0 Å². The number of anilines is 1. The molecule has 8 atom stereocenters. The smallest absolute Gasteiger partial charge is 0.379 e. The third kappa shape index (κ3) is 11.7. The average Bonchev–Trinajstić information content (AvgIpc) is 3.64. The van der Waals surface area contributed by atoms with Crippen LogP contribution >= 0.6 is 0 Å². The van der Waals surface area contributed by atoms with E-state index in [0.717, 1.165) is 37.1 Å². The van der Waals surface area contributed by atoms with Crippen molar-refractivity contribution in [3.63, 3.8) is 0 Å². The SMILES string of the molecule is CC[C@H](C)[C@@H]([C@@H](CC(=O)N1CCC[C@H]1[C@H](OC)[C@@H](C)C(=O)NS(=O)(=O)c1ccc(NC(=O)C(F)(F)F)cc1)OC)N(C)C(=O)[C@H](C(C)C)N1CCCCC1C(N)=O. The summed E-state index contributed by atoms with van der Waals surface area (Å²) in [5.74, 6) is -5.47. The minimum atomic E-state index is -5.14. The Labute approximate surface area is 333 Å². The van der Waals surface area contributed by atoms with Crippen LogP contribution in [0.1, 0.15) is 79.6 Å². The summed E-state index contributed by atoms with van der Waals surface area (Å²) < 4.78 is 77.7. The molecule has 2 aliphatic heterocycles. The third-order valence-electron chi connectivity index (χ3n) is 11.3. The normalized spacial score (nSPS) is 21.2. The van der Waals surface area contributed by atoms with E-state index in [-0.39, 0.29) is 35.8 Å². The molecule has 0 aromatic heterocycles. The summed E-state index contributed by atoms with van der Waals surface area (Å²) in [6.07, 6.45) is -2.97. The largest absolute Gasteiger partial charge is 0.471 e. The molecule has 2 heterocycles. The van der Waals surface area contributed by atoms with Gasteiger partial charge in [-0.05, 0) is 68.3 Å². The molecular weight excluding hydrogens is 774 g/mol. The number of nitrogens with zero attached hydrogens (tertiary/aromatic N) is 3. The molecule has 15 nitrogen and oxygen atoms in total. The topological polar surface area (TPSA) is 198 Å². The maximum Gasteiger partial charge on any atom is 0.471 e. The highest BCUT2D eigenvalue weighted by Crippen LogP contribution is 2.31. The molecule has 1 aromatic carbocycles. The first-order valence-corrected chi connectivity index (χ1v) is 20.8. The van der Waals surface area contributed by atoms with E-state index in [1.807, 2.05) is 37.3 Å². The molecule has 3 rings (SSSR count). The monoisotopic (exact) mass is 832 g/mol. The molecule has 2 saturated heterocycles. The lowest BCUT2D eigenvalue weighted by atomic mass is 9.88. The van der Waals surface area contributed by atoms with Gasteiger partial charge in [-0.2, -0.15) is 13.2 Å². The highest BCUT2D eigenvalue weighted by atomic mass is 32.2. The van der Waals surface area contributed by atoms with E-state index in [4.69, 9.17) is 15.2 Å². The fourth-order valence-corrected chi connectivity index (χ4v) is 9.18. The Bertz CT molecular complexity index is 1680. The second kappa shape index (κ2) is 20.2. The van der Waals surface area contributed by atoms with E-state index < -0.39 is 81.1 Å². The van der Waals surface area contributed by atoms with Crippen LogP contribution in [0.15, 0.2) is 29.2 Å². The van der Waals surface area contributed by atoms with E-state index in [1.165, 1.54) is 21.1 Å². The summed E-state index contributed by atoms with van der Waals surface area (Å²) in [4.78, 5) is 70.3. The Morgan fingerprint density at radius 3 is 2.12 bits per heavy atom. The first-order valence-electron chi connectivity index (χ1n) is 19.3. The first kappa shape index (κ1) is 47.6. The molecule has 57 heavy (non-hydrogen) atoms. The number of carbonyl (C=O) groups excluding carboxylic acids is 5. The van der Waals surface area contributed by atoms with Crippen molar-refractivity contribution in [3.8, 4) is 0 Å². The molecule has 5 amide bonds. The van der Waals surface area contributed by atoms with Gasteiger partial charge >= 0.3 is 12.1 Å². The van der Waals surface area contributed by atoms with Crippen molar-refractivity contribution < 1.29 is 55.0 Å². The second-order valence-corrected chi connectivity index (χ2v) is 17.1. The van der Waals surface area contributed by atoms with Crippen LogP contribution in [0, 0.1) is 17.8 Å². The molecule has 2 aliphatic rings. The van der Waals surface area contributed by atoms with Gasteiger partial charge < -0.3 is 30.3 Å². The van der Waals surface area contributed by atoms with Crippen LogP contribution in [0.4, 0.5) is 18.9 Å². The minimum Gasteiger partial charge on any atom is -0.379 e. The molecule has 2 fully saturated rings. The number of hydrogen-bond acceptors (Lipinski definition) is 10. The lowest BCUT2D eigenvalue weighted by molar-refractivity contribution is -0.167. The number of methoxy groups -OCH3 is 2. The third-order valence-corrected chi connectivity index (χ3v) is 12.7. The van der Waals surface area contributed by atoms with E-state index in [2.05, 4.69) is 0 Å². The van der Waals surface area contributed by atoms with Gasteiger partial charge in [-0.1, -0.05) is 47.5 Å². The molecule has 1 unspecified atom stereocenters. The van der Waals surface area contributed by atoms with Crippen molar-refractivity contribution in [2.24, 2.45) is 23.5 Å². The van der Waals surface area contributed by atoms with E-state index in [0.29, 0.717) is 38.8 Å². The lowest BCUT2D eigenvalue weighted by Gasteiger charge is -2.45. The fourth-order valence-electron chi connectivity index (χ4n) is 8.12. The number of halogens is 3. The number of nitrogens with two attached hydrogens (primary N) is 1. The summed E-state index contributed by atoms with van der Waals surface area (Å²) in [7, 11) is 0.0337. The van der Waals surface area contributed by atoms with Crippen molar-refractivity contribution in [2.75, 3.05) is 39.7 Å². The molecule has 4 N–H and O–H groups in total.